The Bertz CT molecular complexity index is 1210. The summed E-state index contributed by atoms with van der Waals surface area (Å²) in [6.07, 6.45) is 2.33. The van der Waals surface area contributed by atoms with Gasteiger partial charge in [-0.3, -0.25) is 0 Å². The molecule has 1 atom stereocenters. The molecule has 0 aliphatic carbocycles. The lowest BCUT2D eigenvalue weighted by Gasteiger charge is -2.41. The van der Waals surface area contributed by atoms with E-state index in [9.17, 15) is 8.42 Å². The highest BCUT2D eigenvalue weighted by atomic mass is 32.2. The SMILES string of the molecule is CN(CC(CN1CCC2(CC1)CSc1ccccc12)c1ccccc1)S(=O)(=O)c1ccccc1. The van der Waals surface area contributed by atoms with Crippen molar-refractivity contribution in [1.29, 1.82) is 0 Å². The van der Waals surface area contributed by atoms with Crippen LogP contribution >= 0.6 is 11.8 Å². The van der Waals surface area contributed by atoms with Gasteiger partial charge in [-0.05, 0) is 55.3 Å². The Labute approximate surface area is 208 Å². The minimum absolute atomic E-state index is 0.115. The summed E-state index contributed by atoms with van der Waals surface area (Å²) >= 11 is 2.00. The van der Waals surface area contributed by atoms with Gasteiger partial charge in [0.25, 0.3) is 0 Å². The van der Waals surface area contributed by atoms with E-state index in [0.29, 0.717) is 16.9 Å². The van der Waals surface area contributed by atoms with Crippen molar-refractivity contribution in [2.45, 2.75) is 34.0 Å². The fourth-order valence-electron chi connectivity index (χ4n) is 5.39. The van der Waals surface area contributed by atoms with E-state index in [1.165, 1.54) is 26.1 Å². The second kappa shape index (κ2) is 9.86. The summed E-state index contributed by atoms with van der Waals surface area (Å²) < 4.78 is 27.9. The molecule has 3 aromatic carbocycles. The maximum absolute atomic E-state index is 13.2. The molecule has 2 heterocycles. The van der Waals surface area contributed by atoms with Crippen molar-refractivity contribution in [2.24, 2.45) is 0 Å². The molecule has 1 fully saturated rings. The molecule has 2 aliphatic heterocycles. The molecule has 2 aliphatic rings. The number of nitrogens with zero attached hydrogens (tertiary/aromatic N) is 2. The Morgan fingerprint density at radius 2 is 1.53 bits per heavy atom. The first kappa shape index (κ1) is 23.6. The highest BCUT2D eigenvalue weighted by molar-refractivity contribution is 7.99. The third-order valence-electron chi connectivity index (χ3n) is 7.45. The summed E-state index contributed by atoms with van der Waals surface area (Å²) in [7, 11) is -1.82. The van der Waals surface area contributed by atoms with Crippen LogP contribution in [-0.4, -0.2) is 56.6 Å². The number of sulfonamides is 1. The number of hydrogen-bond acceptors (Lipinski definition) is 4. The molecule has 6 heteroatoms. The second-order valence-electron chi connectivity index (χ2n) is 9.57. The van der Waals surface area contributed by atoms with Gasteiger partial charge >= 0.3 is 0 Å². The maximum atomic E-state index is 13.2. The zero-order chi connectivity index (χ0) is 23.6. The van der Waals surface area contributed by atoms with Crippen LogP contribution in [0.4, 0.5) is 0 Å². The van der Waals surface area contributed by atoms with Crippen molar-refractivity contribution < 1.29 is 8.42 Å². The van der Waals surface area contributed by atoms with Gasteiger partial charge in [0.05, 0.1) is 4.90 Å². The molecule has 34 heavy (non-hydrogen) atoms. The van der Waals surface area contributed by atoms with E-state index in [4.69, 9.17) is 0 Å². The Balaban J connectivity index is 1.30. The first-order valence-electron chi connectivity index (χ1n) is 12.0. The van der Waals surface area contributed by atoms with E-state index in [2.05, 4.69) is 41.3 Å². The fourth-order valence-corrected chi connectivity index (χ4v) is 8.12. The minimum atomic E-state index is -3.52. The molecular formula is C28H32N2O2S2. The highest BCUT2D eigenvalue weighted by Gasteiger charge is 2.41. The third kappa shape index (κ3) is 4.69. The van der Waals surface area contributed by atoms with Crippen LogP contribution in [0.2, 0.25) is 0 Å². The number of fused-ring (bicyclic) bond motifs is 2. The Morgan fingerprint density at radius 3 is 2.24 bits per heavy atom. The molecule has 1 unspecified atom stereocenters. The van der Waals surface area contributed by atoms with Gasteiger partial charge in [-0.15, -0.1) is 11.8 Å². The van der Waals surface area contributed by atoms with Gasteiger partial charge in [0, 0.05) is 42.1 Å². The number of hydrogen-bond donors (Lipinski definition) is 0. The van der Waals surface area contributed by atoms with Crippen molar-refractivity contribution in [2.75, 3.05) is 39.0 Å². The third-order valence-corrected chi connectivity index (χ3v) is 10.7. The quantitative estimate of drug-likeness (QED) is 0.453. The first-order chi connectivity index (χ1) is 16.5. The predicted octanol–water partition coefficient (Wildman–Crippen LogP) is 5.23. The van der Waals surface area contributed by atoms with Crippen LogP contribution in [0.15, 0.2) is 94.7 Å². The van der Waals surface area contributed by atoms with Crippen molar-refractivity contribution in [3.05, 3.63) is 96.1 Å². The molecule has 1 saturated heterocycles. The van der Waals surface area contributed by atoms with Crippen molar-refractivity contribution in [3.8, 4) is 0 Å². The number of likely N-dealkylation sites (N-methyl/N-ethyl adjacent to an activating group) is 1. The van der Waals surface area contributed by atoms with E-state index < -0.39 is 10.0 Å². The topological polar surface area (TPSA) is 40.6 Å². The van der Waals surface area contributed by atoms with Gasteiger partial charge in [-0.1, -0.05) is 66.7 Å². The zero-order valence-electron chi connectivity index (χ0n) is 19.6. The Kier molecular flexibility index (Phi) is 6.85. The molecule has 0 amide bonds. The van der Waals surface area contributed by atoms with E-state index in [1.54, 1.807) is 31.3 Å². The van der Waals surface area contributed by atoms with Gasteiger partial charge in [-0.25, -0.2) is 12.7 Å². The molecule has 0 saturated carbocycles. The average Bonchev–Trinajstić information content (AvgIpc) is 3.24. The number of rotatable bonds is 7. The number of piperidine rings is 1. The summed E-state index contributed by atoms with van der Waals surface area (Å²) in [4.78, 5) is 4.34. The molecule has 0 N–H and O–H groups in total. The van der Waals surface area contributed by atoms with Crippen LogP contribution in [0.3, 0.4) is 0 Å². The minimum Gasteiger partial charge on any atom is -0.303 e. The van der Waals surface area contributed by atoms with E-state index in [-0.39, 0.29) is 5.92 Å². The molecular weight excluding hydrogens is 460 g/mol. The lowest BCUT2D eigenvalue weighted by Crippen LogP contribution is -2.45. The van der Waals surface area contributed by atoms with Crippen LogP contribution in [-0.2, 0) is 15.4 Å². The van der Waals surface area contributed by atoms with E-state index in [1.807, 2.05) is 36.0 Å². The smallest absolute Gasteiger partial charge is 0.242 e. The standard InChI is InChI=1S/C28H32N2O2S2/c1-29(34(31,32)25-12-6-3-7-13-25)20-24(23-10-4-2-5-11-23)21-30-18-16-28(17-19-30)22-33-27-15-9-8-14-26(27)28/h2-15,24H,16-22H2,1H3. The summed E-state index contributed by atoms with van der Waals surface area (Å²) in [5.41, 5.74) is 3.03. The van der Waals surface area contributed by atoms with Crippen molar-refractivity contribution in [3.63, 3.8) is 0 Å². The van der Waals surface area contributed by atoms with Crippen LogP contribution in [0.25, 0.3) is 0 Å². The molecule has 1 spiro atoms. The number of thioether (sulfide) groups is 1. The molecule has 0 radical (unpaired) electrons. The second-order valence-corrected chi connectivity index (χ2v) is 12.6. The fraction of sp³-hybridized carbons (Fsp3) is 0.357. The van der Waals surface area contributed by atoms with E-state index in [0.717, 1.165) is 32.5 Å². The molecule has 3 aromatic rings. The molecule has 178 valence electrons. The zero-order valence-corrected chi connectivity index (χ0v) is 21.3. The largest absolute Gasteiger partial charge is 0.303 e. The average molecular weight is 493 g/mol. The lowest BCUT2D eigenvalue weighted by atomic mass is 9.74. The molecule has 0 aromatic heterocycles. The van der Waals surface area contributed by atoms with Gasteiger partial charge in [0.1, 0.15) is 0 Å². The van der Waals surface area contributed by atoms with Crippen LogP contribution in [0.5, 0.6) is 0 Å². The van der Waals surface area contributed by atoms with Gasteiger partial charge in [-0.2, -0.15) is 0 Å². The number of benzene rings is 3. The Morgan fingerprint density at radius 1 is 0.912 bits per heavy atom. The van der Waals surface area contributed by atoms with Crippen LogP contribution in [0, 0.1) is 0 Å². The normalized spacial score (nSPS) is 18.8. The van der Waals surface area contributed by atoms with Gasteiger partial charge < -0.3 is 4.90 Å². The molecule has 0 bridgehead atoms. The van der Waals surface area contributed by atoms with Crippen molar-refractivity contribution in [1.82, 2.24) is 9.21 Å². The highest BCUT2D eigenvalue weighted by Crippen LogP contribution is 2.49. The summed E-state index contributed by atoms with van der Waals surface area (Å²) in [6, 6.07) is 28.0. The van der Waals surface area contributed by atoms with Gasteiger partial charge in [0.2, 0.25) is 10.0 Å². The maximum Gasteiger partial charge on any atom is 0.242 e. The Hall–Kier alpha value is -2.12. The monoisotopic (exact) mass is 492 g/mol. The summed E-state index contributed by atoms with van der Waals surface area (Å²) in [5, 5.41) is 0. The van der Waals surface area contributed by atoms with E-state index >= 15 is 0 Å². The summed E-state index contributed by atoms with van der Waals surface area (Å²) in [5.74, 6) is 1.30. The number of likely N-dealkylation sites (tertiary alicyclic amines) is 1. The molecule has 4 nitrogen and oxygen atoms in total. The predicted molar refractivity (Wildman–Crippen MR) is 140 cm³/mol. The lowest BCUT2D eigenvalue weighted by molar-refractivity contribution is 0.159. The summed E-state index contributed by atoms with van der Waals surface area (Å²) in [6.45, 7) is 3.42. The first-order valence-corrected chi connectivity index (χ1v) is 14.4. The van der Waals surface area contributed by atoms with Crippen LogP contribution < -0.4 is 0 Å². The van der Waals surface area contributed by atoms with Crippen LogP contribution in [0.1, 0.15) is 29.9 Å². The molecule has 5 rings (SSSR count). The van der Waals surface area contributed by atoms with Crippen molar-refractivity contribution >= 4 is 21.8 Å². The van der Waals surface area contributed by atoms with Gasteiger partial charge in [0.15, 0.2) is 0 Å².